The quantitative estimate of drug-likeness (QED) is 0.461. The number of carbonyl (C=O) groups is 1. The Morgan fingerprint density at radius 2 is 1.47 bits per heavy atom. The van der Waals surface area contributed by atoms with E-state index in [2.05, 4.69) is 4.90 Å². The maximum Gasteiger partial charge on any atom is 0.245 e. The van der Waals surface area contributed by atoms with Crippen LogP contribution in [-0.4, -0.2) is 56.3 Å². The summed E-state index contributed by atoms with van der Waals surface area (Å²) in [5.41, 5.74) is 1.88. The molecule has 0 aliphatic carbocycles. The van der Waals surface area contributed by atoms with Crippen molar-refractivity contribution in [1.82, 2.24) is 9.21 Å². The third-order valence-corrected chi connectivity index (χ3v) is 8.29. The molecule has 0 unspecified atom stereocenters. The van der Waals surface area contributed by atoms with E-state index in [1.165, 1.54) is 22.5 Å². The van der Waals surface area contributed by atoms with E-state index in [-0.39, 0.29) is 33.9 Å². The average Bonchev–Trinajstić information content (AvgIpc) is 2.86. The Balaban J connectivity index is 1.53. The van der Waals surface area contributed by atoms with Crippen LogP contribution in [0, 0.1) is 0 Å². The van der Waals surface area contributed by atoms with Crippen molar-refractivity contribution in [2.75, 3.05) is 37.6 Å². The number of benzene rings is 3. The Bertz CT molecular complexity index is 1230. The van der Waals surface area contributed by atoms with Gasteiger partial charge in [0, 0.05) is 43.4 Å². The van der Waals surface area contributed by atoms with Crippen molar-refractivity contribution in [3.05, 3.63) is 94.5 Å². The second-order valence-corrected chi connectivity index (χ2v) is 10.8. The van der Waals surface area contributed by atoms with Crippen LogP contribution in [0.1, 0.15) is 5.56 Å². The highest BCUT2D eigenvalue weighted by atomic mass is 35.5. The fourth-order valence-corrected chi connectivity index (χ4v) is 6.05. The van der Waals surface area contributed by atoms with Crippen LogP contribution in [-0.2, 0) is 21.4 Å². The van der Waals surface area contributed by atoms with Crippen molar-refractivity contribution in [2.45, 2.75) is 11.4 Å². The maximum atomic E-state index is 13.6. The third kappa shape index (κ3) is 5.73. The first kappa shape index (κ1) is 24.5. The predicted octanol–water partition coefficient (Wildman–Crippen LogP) is 4.53. The normalized spacial score (nSPS) is 14.4. The second kappa shape index (κ2) is 10.8. The van der Waals surface area contributed by atoms with Crippen LogP contribution in [0.15, 0.2) is 83.8 Å². The largest absolute Gasteiger partial charge is 0.368 e. The number of para-hydroxylation sites is 1. The maximum absolute atomic E-state index is 13.6. The van der Waals surface area contributed by atoms with Gasteiger partial charge in [-0.15, -0.1) is 0 Å². The molecule has 0 radical (unpaired) electrons. The van der Waals surface area contributed by atoms with Gasteiger partial charge < -0.3 is 9.80 Å². The van der Waals surface area contributed by atoms with Crippen molar-refractivity contribution in [3.8, 4) is 0 Å². The monoisotopic (exact) mass is 517 g/mol. The molecule has 1 aliphatic heterocycles. The van der Waals surface area contributed by atoms with Gasteiger partial charge in [-0.3, -0.25) is 4.79 Å². The minimum absolute atomic E-state index is 0.0434. The summed E-state index contributed by atoms with van der Waals surface area (Å²) in [7, 11) is -4.08. The van der Waals surface area contributed by atoms with Crippen LogP contribution in [0.25, 0.3) is 0 Å². The summed E-state index contributed by atoms with van der Waals surface area (Å²) in [6.45, 7) is 2.16. The van der Waals surface area contributed by atoms with Gasteiger partial charge in [0.2, 0.25) is 15.9 Å². The molecule has 3 aromatic rings. The molecule has 178 valence electrons. The van der Waals surface area contributed by atoms with E-state index >= 15 is 0 Å². The number of anilines is 1. The zero-order valence-electron chi connectivity index (χ0n) is 18.5. The van der Waals surface area contributed by atoms with Gasteiger partial charge in [-0.2, -0.15) is 4.31 Å². The molecular formula is C25H25Cl2N3O3S. The predicted molar refractivity (Wildman–Crippen MR) is 136 cm³/mol. The first-order chi connectivity index (χ1) is 16.3. The van der Waals surface area contributed by atoms with E-state index in [1.807, 2.05) is 60.7 Å². The first-order valence-electron chi connectivity index (χ1n) is 10.9. The Labute approximate surface area is 210 Å². The van der Waals surface area contributed by atoms with E-state index < -0.39 is 10.0 Å². The number of nitrogens with zero attached hydrogens (tertiary/aromatic N) is 3. The molecule has 0 saturated carbocycles. The molecule has 0 spiro atoms. The summed E-state index contributed by atoms with van der Waals surface area (Å²) in [6.07, 6.45) is 0. The molecule has 9 heteroatoms. The lowest BCUT2D eigenvalue weighted by molar-refractivity contribution is -0.131. The Morgan fingerprint density at radius 1 is 0.853 bits per heavy atom. The van der Waals surface area contributed by atoms with Crippen LogP contribution in [0.4, 0.5) is 5.69 Å². The van der Waals surface area contributed by atoms with E-state index in [9.17, 15) is 13.2 Å². The van der Waals surface area contributed by atoms with Gasteiger partial charge in [0.25, 0.3) is 0 Å². The number of rotatable bonds is 7. The fourth-order valence-electron chi connectivity index (χ4n) is 3.93. The highest BCUT2D eigenvalue weighted by molar-refractivity contribution is 7.89. The van der Waals surface area contributed by atoms with Gasteiger partial charge in [-0.1, -0.05) is 71.7 Å². The van der Waals surface area contributed by atoms with E-state index in [1.54, 1.807) is 4.90 Å². The Kier molecular flexibility index (Phi) is 7.78. The van der Waals surface area contributed by atoms with Crippen molar-refractivity contribution < 1.29 is 13.2 Å². The van der Waals surface area contributed by atoms with Gasteiger partial charge in [0.1, 0.15) is 4.90 Å². The average molecular weight is 518 g/mol. The summed E-state index contributed by atoms with van der Waals surface area (Å²) in [5, 5.41) is 0.317. The molecule has 6 nitrogen and oxygen atoms in total. The SMILES string of the molecule is O=C(CN(Cc1ccccc1)S(=O)(=O)c1cc(Cl)ccc1Cl)N1CCN(c2ccccc2)CC1. The molecule has 0 atom stereocenters. The van der Waals surface area contributed by atoms with Crippen molar-refractivity contribution in [1.29, 1.82) is 0 Å². The number of piperazine rings is 1. The Hall–Kier alpha value is -2.58. The highest BCUT2D eigenvalue weighted by Gasteiger charge is 2.31. The van der Waals surface area contributed by atoms with Crippen molar-refractivity contribution in [3.63, 3.8) is 0 Å². The van der Waals surface area contributed by atoms with Crippen molar-refractivity contribution in [2.24, 2.45) is 0 Å². The molecule has 4 rings (SSSR count). The van der Waals surface area contributed by atoms with Gasteiger partial charge in [-0.25, -0.2) is 8.42 Å². The molecule has 1 fully saturated rings. The van der Waals surface area contributed by atoms with Crippen molar-refractivity contribution >= 4 is 44.8 Å². The molecular weight excluding hydrogens is 493 g/mol. The highest BCUT2D eigenvalue weighted by Crippen LogP contribution is 2.29. The molecule has 0 bridgehead atoms. The smallest absolute Gasteiger partial charge is 0.245 e. The number of sulfonamides is 1. The zero-order valence-corrected chi connectivity index (χ0v) is 20.8. The summed E-state index contributed by atoms with van der Waals surface area (Å²) in [5.74, 6) is -0.245. The molecule has 0 N–H and O–H groups in total. The van der Waals surface area contributed by atoms with Gasteiger partial charge in [0.05, 0.1) is 11.6 Å². The molecule has 1 heterocycles. The Morgan fingerprint density at radius 3 is 2.12 bits per heavy atom. The number of hydrogen-bond donors (Lipinski definition) is 0. The standard InChI is InChI=1S/C25H25Cl2N3O3S/c26-21-11-12-23(27)24(17-21)34(32,33)30(18-20-7-3-1-4-8-20)19-25(31)29-15-13-28(14-16-29)22-9-5-2-6-10-22/h1-12,17H,13-16,18-19H2. The topological polar surface area (TPSA) is 60.9 Å². The van der Waals surface area contributed by atoms with Crippen LogP contribution in [0.2, 0.25) is 10.0 Å². The zero-order chi connectivity index (χ0) is 24.1. The molecule has 1 amide bonds. The summed E-state index contributed by atoms with van der Waals surface area (Å²) in [4.78, 5) is 17.0. The second-order valence-electron chi connectivity index (χ2n) is 8.04. The first-order valence-corrected chi connectivity index (χ1v) is 13.1. The van der Waals surface area contributed by atoms with E-state index in [0.29, 0.717) is 26.2 Å². The molecule has 0 aromatic heterocycles. The lowest BCUT2D eigenvalue weighted by Gasteiger charge is -2.37. The van der Waals surface area contributed by atoms with Gasteiger partial charge in [-0.05, 0) is 35.9 Å². The fraction of sp³-hybridized carbons (Fsp3) is 0.240. The third-order valence-electron chi connectivity index (χ3n) is 5.78. The molecule has 3 aromatic carbocycles. The molecule has 1 aliphatic rings. The summed E-state index contributed by atoms with van der Waals surface area (Å²) < 4.78 is 28.3. The van der Waals surface area contributed by atoms with Gasteiger partial charge >= 0.3 is 0 Å². The summed E-state index contributed by atoms with van der Waals surface area (Å²) in [6, 6.07) is 23.5. The van der Waals surface area contributed by atoms with Crippen LogP contribution in [0.3, 0.4) is 0 Å². The number of hydrogen-bond acceptors (Lipinski definition) is 4. The minimum atomic E-state index is -4.08. The lowest BCUT2D eigenvalue weighted by Crippen LogP contribution is -2.51. The van der Waals surface area contributed by atoms with Crippen LogP contribution in [0.5, 0.6) is 0 Å². The molecule has 34 heavy (non-hydrogen) atoms. The van der Waals surface area contributed by atoms with Crippen LogP contribution < -0.4 is 4.90 Å². The minimum Gasteiger partial charge on any atom is -0.368 e. The molecule has 1 saturated heterocycles. The number of amides is 1. The van der Waals surface area contributed by atoms with Gasteiger partial charge in [0.15, 0.2) is 0 Å². The van der Waals surface area contributed by atoms with E-state index in [4.69, 9.17) is 23.2 Å². The number of carbonyl (C=O) groups excluding carboxylic acids is 1. The van der Waals surface area contributed by atoms with Crippen LogP contribution >= 0.6 is 23.2 Å². The lowest BCUT2D eigenvalue weighted by atomic mass is 10.2. The summed E-state index contributed by atoms with van der Waals surface area (Å²) >= 11 is 12.3. The number of halogens is 2. The van der Waals surface area contributed by atoms with E-state index in [0.717, 1.165) is 11.3 Å².